The first-order valence-electron chi connectivity index (χ1n) is 6.75. The highest BCUT2D eigenvalue weighted by Gasteiger charge is 2.32. The molecule has 1 aliphatic rings. The van der Waals surface area contributed by atoms with Gasteiger partial charge in [-0.1, -0.05) is 6.42 Å². The quantitative estimate of drug-likeness (QED) is 0.488. The van der Waals surface area contributed by atoms with E-state index in [-0.39, 0.29) is 29.0 Å². The third kappa shape index (κ3) is 3.18. The smallest absolute Gasteiger partial charge is 0.293 e. The van der Waals surface area contributed by atoms with Gasteiger partial charge in [0.2, 0.25) is 5.91 Å². The van der Waals surface area contributed by atoms with Gasteiger partial charge in [-0.2, -0.15) is 0 Å². The van der Waals surface area contributed by atoms with E-state index in [0.29, 0.717) is 12.1 Å². The number of carbonyl (C=O) groups is 2. The molecule has 0 bridgehead atoms. The number of nitrogens with one attached hydrogen (secondary N) is 1. The molecular formula is C14H17N3O4. The highest BCUT2D eigenvalue weighted by Crippen LogP contribution is 2.32. The molecule has 0 heterocycles. The van der Waals surface area contributed by atoms with Crippen molar-refractivity contribution in [1.82, 2.24) is 0 Å². The van der Waals surface area contributed by atoms with E-state index in [9.17, 15) is 19.7 Å². The first kappa shape index (κ1) is 15.0. The molecule has 0 spiro atoms. The predicted octanol–water partition coefficient (Wildman–Crippen LogP) is 1.86. The minimum atomic E-state index is -0.539. The van der Waals surface area contributed by atoms with Crippen LogP contribution in [0.2, 0.25) is 0 Å². The second kappa shape index (κ2) is 5.90. The van der Waals surface area contributed by atoms with Crippen LogP contribution in [0.4, 0.5) is 11.4 Å². The van der Waals surface area contributed by atoms with Crippen molar-refractivity contribution in [3.05, 3.63) is 33.9 Å². The van der Waals surface area contributed by atoms with Crippen molar-refractivity contribution in [1.29, 1.82) is 0 Å². The van der Waals surface area contributed by atoms with Crippen molar-refractivity contribution in [2.45, 2.75) is 32.2 Å². The Bertz CT molecular complexity index is 600. The minimum Gasteiger partial charge on any atom is -0.376 e. The van der Waals surface area contributed by atoms with E-state index >= 15 is 0 Å². The van der Waals surface area contributed by atoms with Crippen LogP contribution in [0.1, 0.15) is 36.5 Å². The van der Waals surface area contributed by atoms with Crippen molar-refractivity contribution in [3.63, 3.8) is 0 Å². The van der Waals surface area contributed by atoms with Crippen molar-refractivity contribution in [2.24, 2.45) is 11.7 Å². The standard InChI is InChI=1S/C14H17N3O4/c1-8(18)9-5-6-12(13(7-9)17(20)21)16-11-4-2-3-10(11)14(15)19/h5-7,10-11,16H,2-4H2,1H3,(H2,15,19)/t10-,11+/m0/s1. The van der Waals surface area contributed by atoms with E-state index in [2.05, 4.69) is 5.32 Å². The van der Waals surface area contributed by atoms with E-state index < -0.39 is 10.8 Å². The average Bonchev–Trinajstić information content (AvgIpc) is 2.87. The summed E-state index contributed by atoms with van der Waals surface area (Å²) in [6.45, 7) is 1.35. The van der Waals surface area contributed by atoms with E-state index in [4.69, 9.17) is 5.73 Å². The van der Waals surface area contributed by atoms with E-state index in [1.165, 1.54) is 25.1 Å². The number of nitrogens with zero attached hydrogens (tertiary/aromatic N) is 1. The van der Waals surface area contributed by atoms with Crippen LogP contribution in [0.5, 0.6) is 0 Å². The van der Waals surface area contributed by atoms with Crippen LogP contribution in [-0.2, 0) is 4.79 Å². The molecule has 0 saturated heterocycles. The van der Waals surface area contributed by atoms with Crippen LogP contribution in [0.15, 0.2) is 18.2 Å². The van der Waals surface area contributed by atoms with Crippen LogP contribution in [0.3, 0.4) is 0 Å². The highest BCUT2D eigenvalue weighted by molar-refractivity contribution is 5.95. The number of rotatable bonds is 5. The Morgan fingerprint density at radius 2 is 2.10 bits per heavy atom. The number of amides is 1. The van der Waals surface area contributed by atoms with Gasteiger partial charge in [-0.05, 0) is 31.9 Å². The Kier molecular flexibility index (Phi) is 4.21. The maximum atomic E-state index is 11.4. The van der Waals surface area contributed by atoms with Gasteiger partial charge in [0.05, 0.1) is 10.8 Å². The lowest BCUT2D eigenvalue weighted by atomic mass is 10.0. The molecule has 1 saturated carbocycles. The maximum Gasteiger partial charge on any atom is 0.293 e. The fraction of sp³-hybridized carbons (Fsp3) is 0.429. The summed E-state index contributed by atoms with van der Waals surface area (Å²) in [4.78, 5) is 33.3. The summed E-state index contributed by atoms with van der Waals surface area (Å²) in [7, 11) is 0. The molecule has 0 unspecified atom stereocenters. The molecule has 2 atom stereocenters. The molecule has 1 aromatic carbocycles. The second-order valence-electron chi connectivity index (χ2n) is 5.24. The van der Waals surface area contributed by atoms with Gasteiger partial charge in [-0.25, -0.2) is 0 Å². The van der Waals surface area contributed by atoms with Crippen LogP contribution in [0.25, 0.3) is 0 Å². The monoisotopic (exact) mass is 291 g/mol. The molecule has 1 aliphatic carbocycles. The molecule has 2 rings (SSSR count). The first-order valence-corrected chi connectivity index (χ1v) is 6.75. The fourth-order valence-electron chi connectivity index (χ4n) is 2.70. The zero-order valence-corrected chi connectivity index (χ0v) is 11.7. The summed E-state index contributed by atoms with van der Waals surface area (Å²) in [6.07, 6.45) is 2.27. The number of nitrogens with two attached hydrogens (primary N) is 1. The summed E-state index contributed by atoms with van der Waals surface area (Å²) < 4.78 is 0. The fourth-order valence-corrected chi connectivity index (χ4v) is 2.70. The first-order chi connectivity index (χ1) is 9.90. The summed E-state index contributed by atoms with van der Waals surface area (Å²) >= 11 is 0. The highest BCUT2D eigenvalue weighted by atomic mass is 16.6. The average molecular weight is 291 g/mol. The van der Waals surface area contributed by atoms with Crippen molar-refractivity contribution >= 4 is 23.1 Å². The topological polar surface area (TPSA) is 115 Å². The Morgan fingerprint density at radius 1 is 1.38 bits per heavy atom. The molecule has 1 fully saturated rings. The Labute approximate surface area is 121 Å². The molecule has 0 aromatic heterocycles. The van der Waals surface area contributed by atoms with Gasteiger partial charge in [0.1, 0.15) is 5.69 Å². The Hall–Kier alpha value is -2.44. The molecular weight excluding hydrogens is 274 g/mol. The number of nitro groups is 1. The van der Waals surface area contributed by atoms with E-state index in [0.717, 1.165) is 12.8 Å². The van der Waals surface area contributed by atoms with Crippen LogP contribution >= 0.6 is 0 Å². The second-order valence-corrected chi connectivity index (χ2v) is 5.24. The lowest BCUT2D eigenvalue weighted by molar-refractivity contribution is -0.384. The van der Waals surface area contributed by atoms with Crippen LogP contribution in [-0.4, -0.2) is 22.7 Å². The lowest BCUT2D eigenvalue weighted by Crippen LogP contribution is -2.34. The number of carbonyl (C=O) groups excluding carboxylic acids is 2. The molecule has 112 valence electrons. The third-order valence-electron chi connectivity index (χ3n) is 3.82. The molecule has 7 heteroatoms. The summed E-state index contributed by atoms with van der Waals surface area (Å²) in [6, 6.07) is 4.08. The molecule has 3 N–H and O–H groups in total. The number of anilines is 1. The van der Waals surface area contributed by atoms with Gasteiger partial charge in [0.25, 0.3) is 5.69 Å². The van der Waals surface area contributed by atoms with Crippen molar-refractivity contribution in [2.75, 3.05) is 5.32 Å². The molecule has 1 amide bonds. The van der Waals surface area contributed by atoms with Crippen molar-refractivity contribution in [3.8, 4) is 0 Å². The minimum absolute atomic E-state index is 0.169. The zero-order valence-electron chi connectivity index (χ0n) is 11.7. The number of benzene rings is 1. The van der Waals surface area contributed by atoms with Crippen LogP contribution in [0, 0.1) is 16.0 Å². The van der Waals surface area contributed by atoms with E-state index in [1.54, 1.807) is 0 Å². The van der Waals surface area contributed by atoms with Crippen LogP contribution < -0.4 is 11.1 Å². The molecule has 1 aromatic rings. The Balaban J connectivity index is 2.29. The number of hydrogen-bond donors (Lipinski definition) is 2. The molecule has 21 heavy (non-hydrogen) atoms. The van der Waals surface area contributed by atoms with Gasteiger partial charge in [-0.3, -0.25) is 19.7 Å². The normalized spacial score (nSPS) is 21.0. The number of hydrogen-bond acceptors (Lipinski definition) is 5. The lowest BCUT2D eigenvalue weighted by Gasteiger charge is -2.19. The summed E-state index contributed by atoms with van der Waals surface area (Å²) in [5.41, 5.74) is 5.77. The maximum absolute atomic E-state index is 11.4. The van der Waals surface area contributed by atoms with Gasteiger partial charge in [0, 0.05) is 17.7 Å². The number of primary amides is 1. The third-order valence-corrected chi connectivity index (χ3v) is 3.82. The molecule has 0 aliphatic heterocycles. The predicted molar refractivity (Wildman–Crippen MR) is 77.0 cm³/mol. The van der Waals surface area contributed by atoms with Gasteiger partial charge in [-0.15, -0.1) is 0 Å². The van der Waals surface area contributed by atoms with E-state index in [1.807, 2.05) is 0 Å². The summed E-state index contributed by atoms with van der Waals surface area (Å²) in [5.74, 6) is -0.953. The van der Waals surface area contributed by atoms with Gasteiger partial charge >= 0.3 is 0 Å². The molecule has 0 radical (unpaired) electrons. The SMILES string of the molecule is CC(=O)c1ccc(N[C@@H]2CCC[C@@H]2C(N)=O)c([N+](=O)[O-])c1. The van der Waals surface area contributed by atoms with Gasteiger partial charge in [0.15, 0.2) is 5.78 Å². The number of nitro benzene ring substituents is 1. The largest absolute Gasteiger partial charge is 0.376 e. The van der Waals surface area contributed by atoms with Gasteiger partial charge < -0.3 is 11.1 Å². The zero-order chi connectivity index (χ0) is 15.6. The molecule has 7 nitrogen and oxygen atoms in total. The van der Waals surface area contributed by atoms with Crippen molar-refractivity contribution < 1.29 is 14.5 Å². The summed E-state index contributed by atoms with van der Waals surface area (Å²) in [5, 5.41) is 14.2. The number of ketones is 1. The number of Topliss-reactive ketones (excluding diaryl/α,β-unsaturated/α-hetero) is 1. The Morgan fingerprint density at radius 3 is 2.67 bits per heavy atom.